The van der Waals surface area contributed by atoms with E-state index in [1.807, 2.05) is 18.2 Å². The Hall–Kier alpha value is -7.89. The molecule has 1 N–H and O–H groups in total. The summed E-state index contributed by atoms with van der Waals surface area (Å²) in [4.78, 5) is 9.86. The van der Waals surface area contributed by atoms with E-state index >= 15 is 0 Å². The van der Waals surface area contributed by atoms with Gasteiger partial charge in [-0.25, -0.2) is 4.98 Å². The molecule has 406 valence electrons. The fourth-order valence-corrected chi connectivity index (χ4v) is 11.9. The van der Waals surface area contributed by atoms with E-state index in [0.29, 0.717) is 23.8 Å². The molecule has 0 amide bonds. The van der Waals surface area contributed by atoms with Crippen LogP contribution in [0.5, 0.6) is 11.5 Å². The highest BCUT2D eigenvalue weighted by atomic mass is 16.5. The first-order chi connectivity index (χ1) is 39.1. The molecule has 0 bridgehead atoms. The van der Waals surface area contributed by atoms with Gasteiger partial charge in [-0.2, -0.15) is 0 Å². The highest BCUT2D eigenvalue weighted by molar-refractivity contribution is 5.99. The Labute approximate surface area is 482 Å². The molecule has 9 aromatic rings. The highest BCUT2D eigenvalue weighted by Crippen LogP contribution is 2.53. The Bertz CT molecular complexity index is 3860. The molecular formula is C75H80N4O. The van der Waals surface area contributed by atoms with Crippen molar-refractivity contribution in [2.45, 2.75) is 137 Å². The van der Waals surface area contributed by atoms with Crippen molar-refractivity contribution in [3.05, 3.63) is 222 Å². The zero-order valence-corrected chi connectivity index (χ0v) is 49.3. The third kappa shape index (κ3) is 10.6. The molecule has 2 aliphatic rings. The van der Waals surface area contributed by atoms with Crippen LogP contribution in [0.25, 0.3) is 44.5 Å². The minimum Gasteiger partial charge on any atom is -0.457 e. The first kappa shape index (κ1) is 50.3. The summed E-state index contributed by atoms with van der Waals surface area (Å²) >= 11 is 0. The number of anilines is 6. The quantitative estimate of drug-likeness (QED) is 0.148. The van der Waals surface area contributed by atoms with Gasteiger partial charge in [0.25, 0.3) is 0 Å². The number of aromatic nitrogens is 1. The van der Waals surface area contributed by atoms with E-state index in [2.05, 4.69) is 263 Å². The van der Waals surface area contributed by atoms with Crippen molar-refractivity contribution < 1.29 is 8.85 Å². The second-order valence-electron chi connectivity index (χ2n) is 26.7. The van der Waals surface area contributed by atoms with E-state index in [4.69, 9.17) is 13.8 Å². The molecule has 0 unspecified atom stereocenters. The maximum atomic E-state index is 8.84. The number of para-hydroxylation sites is 3. The van der Waals surface area contributed by atoms with Crippen LogP contribution in [0, 0.1) is 6.85 Å². The van der Waals surface area contributed by atoms with Gasteiger partial charge in [0, 0.05) is 50.0 Å². The van der Waals surface area contributed by atoms with Crippen LogP contribution in [0.1, 0.15) is 140 Å². The van der Waals surface area contributed by atoms with Crippen LogP contribution in [0.4, 0.5) is 34.3 Å². The summed E-state index contributed by atoms with van der Waals surface area (Å²) in [5, 5.41) is 3.61. The number of hydrogen-bond donors (Lipinski definition) is 1. The average Bonchev–Trinajstić information content (AvgIpc) is 2.49. The van der Waals surface area contributed by atoms with Crippen LogP contribution in [0.2, 0.25) is 0 Å². The molecule has 1 aliphatic heterocycles. The van der Waals surface area contributed by atoms with Crippen molar-refractivity contribution in [2.75, 3.05) is 21.8 Å². The highest BCUT2D eigenvalue weighted by Gasteiger charge is 2.39. The maximum absolute atomic E-state index is 8.84. The number of pyridine rings is 1. The fraction of sp³-hybridized carbons (Fsp3) is 0.293. The lowest BCUT2D eigenvalue weighted by Crippen LogP contribution is -2.34. The van der Waals surface area contributed by atoms with Crippen molar-refractivity contribution in [1.82, 2.24) is 4.98 Å². The summed E-state index contributed by atoms with van der Waals surface area (Å²) in [6, 6.07) is 64.6. The predicted octanol–water partition coefficient (Wildman–Crippen LogP) is 21.1. The smallest absolute Gasteiger partial charge is 0.130 e. The molecule has 1 aromatic heterocycles. The first-order valence-corrected chi connectivity index (χ1v) is 28.6. The minimum absolute atomic E-state index is 0.0223. The van der Waals surface area contributed by atoms with Gasteiger partial charge in [-0.3, -0.25) is 0 Å². The Balaban J connectivity index is 0.904. The van der Waals surface area contributed by atoms with E-state index in [9.17, 15) is 0 Å². The summed E-state index contributed by atoms with van der Waals surface area (Å²) in [6.07, 6.45) is 3.85. The Morgan fingerprint density at radius 2 is 1.09 bits per heavy atom. The number of rotatable bonds is 10. The molecule has 2 heterocycles. The number of benzene rings is 8. The zero-order valence-electron chi connectivity index (χ0n) is 52.3. The van der Waals surface area contributed by atoms with Gasteiger partial charge in [0.15, 0.2) is 0 Å². The molecule has 0 fully saturated rings. The van der Waals surface area contributed by atoms with E-state index in [0.717, 1.165) is 63.6 Å². The third-order valence-corrected chi connectivity index (χ3v) is 16.8. The van der Waals surface area contributed by atoms with Gasteiger partial charge in [-0.15, -0.1) is 0 Å². The Morgan fingerprint density at radius 1 is 0.487 bits per heavy atom. The van der Waals surface area contributed by atoms with Crippen LogP contribution in [0.3, 0.4) is 0 Å². The van der Waals surface area contributed by atoms with Gasteiger partial charge < -0.3 is 19.9 Å². The molecule has 0 spiro atoms. The maximum Gasteiger partial charge on any atom is 0.130 e. The topological polar surface area (TPSA) is 40.6 Å². The van der Waals surface area contributed by atoms with Crippen LogP contribution in [-0.4, -0.2) is 11.7 Å². The molecule has 1 aliphatic carbocycles. The molecule has 8 aromatic carbocycles. The molecule has 0 saturated carbocycles. The van der Waals surface area contributed by atoms with Crippen LogP contribution in [-0.2, 0) is 27.1 Å². The van der Waals surface area contributed by atoms with E-state index in [1.165, 1.54) is 50.2 Å². The van der Waals surface area contributed by atoms with E-state index in [-0.39, 0.29) is 32.6 Å². The Morgan fingerprint density at radius 3 is 1.76 bits per heavy atom. The molecule has 11 rings (SSSR count). The van der Waals surface area contributed by atoms with Crippen molar-refractivity contribution in [3.8, 4) is 56.0 Å². The summed E-state index contributed by atoms with van der Waals surface area (Å²) in [5.74, 6) is 1.91. The number of fused-ring (bicyclic) bond motifs is 2. The van der Waals surface area contributed by atoms with E-state index < -0.39 is 6.85 Å². The molecule has 5 heteroatoms. The van der Waals surface area contributed by atoms with Gasteiger partial charge in [-0.05, 0) is 151 Å². The van der Waals surface area contributed by atoms with Gasteiger partial charge in [0.05, 0.1) is 17.1 Å². The second kappa shape index (κ2) is 20.3. The second-order valence-corrected chi connectivity index (χ2v) is 26.7. The Kier molecular flexibility index (Phi) is 12.8. The van der Waals surface area contributed by atoms with Gasteiger partial charge in [0.2, 0.25) is 0 Å². The first-order valence-electron chi connectivity index (χ1n) is 30.1. The normalized spacial score (nSPS) is 15.6. The number of nitrogens with zero attached hydrogens (tertiary/aromatic N) is 3. The minimum atomic E-state index is -2.38. The van der Waals surface area contributed by atoms with Crippen molar-refractivity contribution in [3.63, 3.8) is 0 Å². The van der Waals surface area contributed by atoms with Gasteiger partial charge >= 0.3 is 0 Å². The molecule has 0 atom stereocenters. The summed E-state index contributed by atoms with van der Waals surface area (Å²) in [5.41, 5.74) is 19.8. The molecule has 5 nitrogen and oxygen atoms in total. The van der Waals surface area contributed by atoms with Crippen molar-refractivity contribution >= 4 is 34.3 Å². The standard InChI is InChI=1S/C75H80N4O/c1-49-41-68(76-47-63(49)62-29-22-30-64-69(62)75(13,14)40-39-74(64,11)12)77-65-45-53(71(2,3)4)35-38-59(65)51-33-36-57(37-34-51)80-58-26-20-25-56(46-58)78-48-79(67-32-19-18-31-66(67)78)70-60(50-23-16-15-17-24-50)27-21-28-61(70)52-42-54(72(5,6)7)44-55(43-52)73(8,9)10/h15-38,41-47H,39-40,48H2,1-14H3,(H,76,77)/i1D3. The van der Waals surface area contributed by atoms with E-state index in [1.54, 1.807) is 12.3 Å². The predicted molar refractivity (Wildman–Crippen MR) is 340 cm³/mol. The molecule has 0 radical (unpaired) electrons. The fourth-order valence-electron chi connectivity index (χ4n) is 11.9. The summed E-state index contributed by atoms with van der Waals surface area (Å²) in [7, 11) is 0. The lowest BCUT2D eigenvalue weighted by atomic mass is 9.61. The van der Waals surface area contributed by atoms with Crippen LogP contribution >= 0.6 is 0 Å². The number of ether oxygens (including phenoxy) is 1. The van der Waals surface area contributed by atoms with Gasteiger partial charge in [0.1, 0.15) is 24.0 Å². The lowest BCUT2D eigenvalue weighted by molar-refractivity contribution is 0.333. The molecule has 80 heavy (non-hydrogen) atoms. The SMILES string of the molecule is [2H]C([2H])([2H])c1cc(Nc2cc(C(C)(C)C)ccc2-c2ccc(Oc3cccc(N4CN(c5c(-c6ccccc6)cccc5-c5cc(C(C)(C)C)cc(C(C)(C)C)c5)c5ccccc54)c3)cc2)ncc1-c1cccc2c1C(C)(C)CCC2(C)C. The number of aryl methyl sites for hydroxylation is 1. The zero-order chi connectivity index (χ0) is 59.0. The monoisotopic (exact) mass is 1060 g/mol. The number of nitrogens with one attached hydrogen (secondary N) is 1. The summed E-state index contributed by atoms with van der Waals surface area (Å²) in [6.45, 7) is 27.8. The third-order valence-electron chi connectivity index (χ3n) is 16.8. The molecule has 0 saturated heterocycles. The largest absolute Gasteiger partial charge is 0.457 e. The van der Waals surface area contributed by atoms with Crippen molar-refractivity contribution in [1.29, 1.82) is 0 Å². The van der Waals surface area contributed by atoms with Crippen LogP contribution in [0.15, 0.2) is 188 Å². The summed E-state index contributed by atoms with van der Waals surface area (Å²) < 4.78 is 33.3. The van der Waals surface area contributed by atoms with Gasteiger partial charge in [-0.1, -0.05) is 217 Å². The lowest BCUT2D eigenvalue weighted by Gasteiger charge is -2.43. The average molecular weight is 1060 g/mol. The number of hydrogen-bond acceptors (Lipinski definition) is 5. The van der Waals surface area contributed by atoms with Crippen LogP contribution < -0.4 is 19.9 Å². The van der Waals surface area contributed by atoms with Crippen molar-refractivity contribution in [2.24, 2.45) is 0 Å². The molecular weight excluding hydrogens is 973 g/mol.